The molecule has 2 N–H and O–H groups in total. The maximum absolute atomic E-state index is 10.4. The van der Waals surface area contributed by atoms with Gasteiger partial charge in [-0.15, -0.1) is 0 Å². The standard InChI is InChI=1S/C10H22N2O2S/c13-15(14)10-4-2-1-3-7-12-8-5-11-6-9-12/h11H,1-10H2,(H,13,14). The van der Waals surface area contributed by atoms with Gasteiger partial charge in [-0.1, -0.05) is 12.8 Å². The van der Waals surface area contributed by atoms with E-state index in [1.54, 1.807) is 0 Å². The quantitative estimate of drug-likeness (QED) is 0.502. The van der Waals surface area contributed by atoms with E-state index in [0.29, 0.717) is 5.75 Å². The third-order valence-corrected chi connectivity index (χ3v) is 3.39. The van der Waals surface area contributed by atoms with E-state index in [-0.39, 0.29) is 0 Å². The minimum Gasteiger partial charge on any atom is -0.314 e. The third-order valence-electron chi connectivity index (χ3n) is 2.75. The first-order valence-electron chi connectivity index (χ1n) is 5.79. The van der Waals surface area contributed by atoms with Crippen molar-refractivity contribution in [2.75, 3.05) is 38.5 Å². The lowest BCUT2D eigenvalue weighted by molar-refractivity contribution is 0.236. The van der Waals surface area contributed by atoms with E-state index < -0.39 is 11.1 Å². The Balaban J connectivity index is 1.85. The summed E-state index contributed by atoms with van der Waals surface area (Å²) in [5.41, 5.74) is 0. The molecule has 0 radical (unpaired) electrons. The zero-order chi connectivity index (χ0) is 10.9. The van der Waals surface area contributed by atoms with Crippen molar-refractivity contribution in [2.45, 2.75) is 25.7 Å². The Morgan fingerprint density at radius 3 is 2.47 bits per heavy atom. The molecule has 1 aliphatic rings. The molecule has 0 aromatic heterocycles. The van der Waals surface area contributed by atoms with Gasteiger partial charge < -0.3 is 14.8 Å². The summed E-state index contributed by atoms with van der Waals surface area (Å²) in [7, 11) is 0. The van der Waals surface area contributed by atoms with Gasteiger partial charge in [-0.2, -0.15) is 0 Å². The molecule has 1 fully saturated rings. The van der Waals surface area contributed by atoms with Gasteiger partial charge in [-0.05, 0) is 19.4 Å². The first kappa shape index (κ1) is 13.1. The predicted octanol–water partition coefficient (Wildman–Crippen LogP) is 0.674. The summed E-state index contributed by atoms with van der Waals surface area (Å²) in [6.07, 6.45) is 4.36. The Morgan fingerprint density at radius 2 is 1.80 bits per heavy atom. The van der Waals surface area contributed by atoms with E-state index in [9.17, 15) is 4.21 Å². The van der Waals surface area contributed by atoms with Crippen molar-refractivity contribution in [3.8, 4) is 0 Å². The lowest BCUT2D eigenvalue weighted by Crippen LogP contribution is -2.43. The highest BCUT2D eigenvalue weighted by atomic mass is 32.2. The van der Waals surface area contributed by atoms with Crippen molar-refractivity contribution in [2.24, 2.45) is 0 Å². The van der Waals surface area contributed by atoms with Crippen molar-refractivity contribution in [3.63, 3.8) is 0 Å². The van der Waals surface area contributed by atoms with E-state index >= 15 is 0 Å². The minimum atomic E-state index is -1.59. The molecule has 0 aromatic rings. The number of nitrogens with one attached hydrogen (secondary N) is 1. The van der Waals surface area contributed by atoms with Gasteiger partial charge in [0.05, 0.1) is 0 Å². The van der Waals surface area contributed by atoms with Gasteiger partial charge in [-0.3, -0.25) is 0 Å². The van der Waals surface area contributed by atoms with E-state index in [4.69, 9.17) is 4.55 Å². The molecule has 0 aliphatic carbocycles. The van der Waals surface area contributed by atoms with Crippen LogP contribution in [0, 0.1) is 0 Å². The fourth-order valence-electron chi connectivity index (χ4n) is 1.85. The first-order valence-corrected chi connectivity index (χ1v) is 7.07. The van der Waals surface area contributed by atoms with Gasteiger partial charge >= 0.3 is 0 Å². The van der Waals surface area contributed by atoms with E-state index in [2.05, 4.69) is 10.2 Å². The van der Waals surface area contributed by atoms with Crippen LogP contribution in [0.15, 0.2) is 0 Å². The normalized spacial score (nSPS) is 20.3. The molecule has 0 bridgehead atoms. The maximum atomic E-state index is 10.4. The summed E-state index contributed by atoms with van der Waals surface area (Å²) < 4.78 is 18.9. The van der Waals surface area contributed by atoms with Crippen LogP contribution in [-0.4, -0.2) is 52.1 Å². The van der Waals surface area contributed by atoms with Gasteiger partial charge in [0.25, 0.3) is 0 Å². The van der Waals surface area contributed by atoms with Gasteiger partial charge in [0.2, 0.25) is 0 Å². The molecule has 1 aliphatic heterocycles. The second kappa shape index (κ2) is 8.21. The molecule has 5 heteroatoms. The smallest absolute Gasteiger partial charge is 0.152 e. The summed E-state index contributed by atoms with van der Waals surface area (Å²) in [4.78, 5) is 2.49. The van der Waals surface area contributed by atoms with Crippen LogP contribution in [0.25, 0.3) is 0 Å². The summed E-state index contributed by atoms with van der Waals surface area (Å²) in [5.74, 6) is 0.438. The zero-order valence-electron chi connectivity index (χ0n) is 9.28. The molecule has 1 heterocycles. The van der Waals surface area contributed by atoms with E-state index in [1.165, 1.54) is 32.5 Å². The van der Waals surface area contributed by atoms with Crippen molar-refractivity contribution in [1.82, 2.24) is 10.2 Å². The number of unbranched alkanes of at least 4 members (excludes halogenated alkanes) is 3. The van der Waals surface area contributed by atoms with Crippen LogP contribution in [0.4, 0.5) is 0 Å². The highest BCUT2D eigenvalue weighted by molar-refractivity contribution is 7.79. The van der Waals surface area contributed by atoms with Crippen LogP contribution in [0.5, 0.6) is 0 Å². The maximum Gasteiger partial charge on any atom is 0.152 e. The average molecular weight is 234 g/mol. The molecule has 1 rings (SSSR count). The predicted molar refractivity (Wildman–Crippen MR) is 63.4 cm³/mol. The number of hydrogen-bond donors (Lipinski definition) is 2. The number of piperazine rings is 1. The van der Waals surface area contributed by atoms with Crippen molar-refractivity contribution < 1.29 is 8.76 Å². The Morgan fingerprint density at radius 1 is 1.13 bits per heavy atom. The van der Waals surface area contributed by atoms with Crippen molar-refractivity contribution in [3.05, 3.63) is 0 Å². The molecule has 0 amide bonds. The van der Waals surface area contributed by atoms with Crippen molar-refractivity contribution in [1.29, 1.82) is 0 Å². The molecule has 15 heavy (non-hydrogen) atoms. The molecule has 0 saturated carbocycles. The highest BCUT2D eigenvalue weighted by Crippen LogP contribution is 2.03. The number of hydrogen-bond acceptors (Lipinski definition) is 3. The van der Waals surface area contributed by atoms with Crippen molar-refractivity contribution >= 4 is 11.1 Å². The van der Waals surface area contributed by atoms with Crippen LogP contribution >= 0.6 is 0 Å². The molecule has 90 valence electrons. The fourth-order valence-corrected chi connectivity index (χ4v) is 2.30. The minimum absolute atomic E-state index is 0.438. The van der Waals surface area contributed by atoms with Crippen LogP contribution in [0.3, 0.4) is 0 Å². The summed E-state index contributed by atoms with van der Waals surface area (Å²) in [6, 6.07) is 0. The lowest BCUT2D eigenvalue weighted by Gasteiger charge is -2.26. The SMILES string of the molecule is O=S(O)CCCCCCN1CCNCC1. The summed E-state index contributed by atoms with van der Waals surface area (Å²) in [6.45, 7) is 5.75. The van der Waals surface area contributed by atoms with Gasteiger partial charge in [-0.25, -0.2) is 4.21 Å². The second-order valence-corrected chi connectivity index (χ2v) is 5.08. The van der Waals surface area contributed by atoms with Crippen LogP contribution in [0.1, 0.15) is 25.7 Å². The van der Waals surface area contributed by atoms with Crippen LogP contribution in [-0.2, 0) is 11.1 Å². The Hall–Kier alpha value is 0.0300. The monoisotopic (exact) mass is 234 g/mol. The van der Waals surface area contributed by atoms with Gasteiger partial charge in [0.15, 0.2) is 11.1 Å². The second-order valence-electron chi connectivity index (χ2n) is 4.03. The average Bonchev–Trinajstić information content (AvgIpc) is 2.24. The number of rotatable bonds is 7. The number of nitrogens with zero attached hydrogens (tertiary/aromatic N) is 1. The molecule has 0 spiro atoms. The fraction of sp³-hybridized carbons (Fsp3) is 1.00. The van der Waals surface area contributed by atoms with E-state index in [0.717, 1.165) is 25.9 Å². The molecule has 4 nitrogen and oxygen atoms in total. The molecular formula is C10H22N2O2S. The van der Waals surface area contributed by atoms with Crippen LogP contribution in [0.2, 0.25) is 0 Å². The summed E-state index contributed by atoms with van der Waals surface area (Å²) in [5, 5.41) is 3.33. The lowest BCUT2D eigenvalue weighted by atomic mass is 10.2. The Kier molecular flexibility index (Phi) is 7.17. The molecule has 0 aromatic carbocycles. The largest absolute Gasteiger partial charge is 0.314 e. The Labute approximate surface area is 94.7 Å². The molecule has 1 atom stereocenters. The summed E-state index contributed by atoms with van der Waals surface area (Å²) >= 11 is -1.59. The van der Waals surface area contributed by atoms with E-state index in [1.807, 2.05) is 0 Å². The first-order chi connectivity index (χ1) is 7.29. The van der Waals surface area contributed by atoms with Gasteiger partial charge in [0.1, 0.15) is 0 Å². The molecule has 1 unspecified atom stereocenters. The Bertz CT molecular complexity index is 184. The third kappa shape index (κ3) is 7.00. The molecular weight excluding hydrogens is 212 g/mol. The highest BCUT2D eigenvalue weighted by Gasteiger charge is 2.07. The van der Waals surface area contributed by atoms with Crippen LogP contribution < -0.4 is 5.32 Å². The van der Waals surface area contributed by atoms with Gasteiger partial charge in [0, 0.05) is 31.9 Å². The zero-order valence-corrected chi connectivity index (χ0v) is 10.1. The molecule has 1 saturated heterocycles. The topological polar surface area (TPSA) is 52.6 Å².